The molecule has 2 aromatic rings. The summed E-state index contributed by atoms with van der Waals surface area (Å²) in [6.07, 6.45) is 0. The van der Waals surface area contributed by atoms with Crippen molar-refractivity contribution >= 4 is 27.5 Å². The lowest BCUT2D eigenvalue weighted by atomic mass is 10.1. The normalized spacial score (nSPS) is 10.9. The van der Waals surface area contributed by atoms with Crippen LogP contribution < -0.4 is 5.32 Å². The van der Waals surface area contributed by atoms with Crippen LogP contribution in [-0.2, 0) is 15.6 Å². The van der Waals surface area contributed by atoms with E-state index in [-0.39, 0.29) is 16.2 Å². The number of carbonyl (C=O) groups is 1. The predicted molar refractivity (Wildman–Crippen MR) is 104 cm³/mol. The number of nitrogens with zero attached hydrogens (tertiary/aromatic N) is 1. The van der Waals surface area contributed by atoms with Gasteiger partial charge in [-0.2, -0.15) is 17.0 Å². The fourth-order valence-corrected chi connectivity index (χ4v) is 4.31. The summed E-state index contributed by atoms with van der Waals surface area (Å²) < 4.78 is 24.2. The van der Waals surface area contributed by atoms with Crippen LogP contribution in [0.4, 0.5) is 0 Å². The van der Waals surface area contributed by atoms with Crippen molar-refractivity contribution in [3.05, 3.63) is 65.2 Å². The lowest BCUT2D eigenvalue weighted by Gasteiger charge is -2.10. The Bertz CT molecular complexity index is 918. The number of carbonyl (C=O) groups excluding carboxylic acids is 1. The molecule has 0 aliphatic heterocycles. The number of amides is 1. The van der Waals surface area contributed by atoms with Crippen molar-refractivity contribution in [2.75, 3.05) is 18.1 Å². The maximum absolute atomic E-state index is 12.3. The van der Waals surface area contributed by atoms with Crippen molar-refractivity contribution in [1.82, 2.24) is 5.32 Å². The molecule has 2 rings (SSSR count). The highest BCUT2D eigenvalue weighted by Gasteiger charge is 2.20. The van der Waals surface area contributed by atoms with E-state index in [4.69, 9.17) is 5.26 Å². The van der Waals surface area contributed by atoms with Crippen molar-refractivity contribution in [2.45, 2.75) is 17.6 Å². The number of benzene rings is 2. The van der Waals surface area contributed by atoms with Gasteiger partial charge in [-0.15, -0.1) is 0 Å². The molecular weight excluding hydrogens is 368 g/mol. The van der Waals surface area contributed by atoms with Gasteiger partial charge in [-0.3, -0.25) is 4.79 Å². The number of nitriles is 1. The van der Waals surface area contributed by atoms with Gasteiger partial charge >= 0.3 is 0 Å². The zero-order valence-electron chi connectivity index (χ0n) is 14.4. The molecule has 0 saturated heterocycles. The van der Waals surface area contributed by atoms with Gasteiger partial charge in [-0.05, 0) is 23.8 Å². The molecule has 2 aromatic carbocycles. The summed E-state index contributed by atoms with van der Waals surface area (Å²) in [4.78, 5) is 12.4. The zero-order chi connectivity index (χ0) is 19.0. The Kier molecular flexibility index (Phi) is 7.25. The van der Waals surface area contributed by atoms with E-state index in [0.29, 0.717) is 23.6 Å². The van der Waals surface area contributed by atoms with Gasteiger partial charge in [0.05, 0.1) is 27.8 Å². The molecule has 1 amide bonds. The first kappa shape index (κ1) is 20.0. The summed E-state index contributed by atoms with van der Waals surface area (Å²) in [5.74, 6) is 0.899. The van der Waals surface area contributed by atoms with Crippen LogP contribution in [0.1, 0.15) is 28.4 Å². The molecule has 26 heavy (non-hydrogen) atoms. The number of hydrogen-bond donors (Lipinski definition) is 1. The molecule has 5 nitrogen and oxygen atoms in total. The number of rotatable bonds is 8. The first-order valence-electron chi connectivity index (χ1n) is 8.15. The number of sulfone groups is 1. The predicted octanol–water partition coefficient (Wildman–Crippen LogP) is 3.02. The molecule has 1 N–H and O–H groups in total. The van der Waals surface area contributed by atoms with Crippen LogP contribution in [0, 0.1) is 11.3 Å². The van der Waals surface area contributed by atoms with E-state index in [1.165, 1.54) is 12.1 Å². The topological polar surface area (TPSA) is 87.0 Å². The minimum absolute atomic E-state index is 0.0502. The largest absolute Gasteiger partial charge is 0.351 e. The Labute approximate surface area is 158 Å². The molecule has 136 valence electrons. The molecule has 0 saturated carbocycles. The lowest BCUT2D eigenvalue weighted by Crippen LogP contribution is -2.27. The fourth-order valence-electron chi connectivity index (χ4n) is 2.35. The highest BCUT2D eigenvalue weighted by Crippen LogP contribution is 2.18. The van der Waals surface area contributed by atoms with Crippen molar-refractivity contribution in [1.29, 1.82) is 5.26 Å². The monoisotopic (exact) mass is 388 g/mol. The first-order valence-corrected chi connectivity index (χ1v) is 11.0. The van der Waals surface area contributed by atoms with Gasteiger partial charge in [0.2, 0.25) is 0 Å². The van der Waals surface area contributed by atoms with Crippen LogP contribution in [0.2, 0.25) is 0 Å². The molecule has 0 aromatic heterocycles. The van der Waals surface area contributed by atoms with Gasteiger partial charge in [0.15, 0.2) is 9.84 Å². The Balaban J connectivity index is 1.90. The third-order valence-electron chi connectivity index (χ3n) is 3.77. The zero-order valence-corrected chi connectivity index (χ0v) is 16.1. The summed E-state index contributed by atoms with van der Waals surface area (Å²) in [5.41, 5.74) is 1.79. The number of nitrogens with one attached hydrogen (secondary N) is 1. The second-order valence-electron chi connectivity index (χ2n) is 5.48. The molecule has 0 bridgehead atoms. The van der Waals surface area contributed by atoms with Crippen LogP contribution in [0.5, 0.6) is 0 Å². The van der Waals surface area contributed by atoms with Crippen molar-refractivity contribution in [3.8, 4) is 6.07 Å². The Morgan fingerprint density at radius 3 is 2.58 bits per heavy atom. The molecule has 0 fully saturated rings. The minimum atomic E-state index is -3.45. The van der Waals surface area contributed by atoms with Gasteiger partial charge in [0.25, 0.3) is 5.91 Å². The molecule has 7 heteroatoms. The highest BCUT2D eigenvalue weighted by atomic mass is 32.2. The van der Waals surface area contributed by atoms with E-state index < -0.39 is 15.7 Å². The molecular formula is C19H20N2O3S2. The summed E-state index contributed by atoms with van der Waals surface area (Å²) in [5, 5.41) is 11.8. The van der Waals surface area contributed by atoms with Gasteiger partial charge in [0.1, 0.15) is 0 Å². The average molecular weight is 389 g/mol. The molecule has 0 unspecified atom stereocenters. The first-order chi connectivity index (χ1) is 12.5. The third kappa shape index (κ3) is 5.10. The third-order valence-corrected chi connectivity index (χ3v) is 6.57. The second-order valence-corrected chi connectivity index (χ2v) is 8.83. The van der Waals surface area contributed by atoms with E-state index in [2.05, 4.69) is 11.4 Å². The fraction of sp³-hybridized carbons (Fsp3) is 0.263. The molecule has 0 aliphatic carbocycles. The van der Waals surface area contributed by atoms with E-state index in [0.717, 1.165) is 5.56 Å². The van der Waals surface area contributed by atoms with Crippen molar-refractivity contribution < 1.29 is 13.2 Å². The Hall–Kier alpha value is -2.30. The van der Waals surface area contributed by atoms with Crippen LogP contribution in [-0.4, -0.2) is 32.4 Å². The Morgan fingerprint density at radius 2 is 1.85 bits per heavy atom. The maximum atomic E-state index is 12.3. The highest BCUT2D eigenvalue weighted by molar-refractivity contribution is 7.98. The van der Waals surface area contributed by atoms with Gasteiger partial charge in [-0.25, -0.2) is 8.42 Å². The molecule has 0 spiro atoms. The van der Waals surface area contributed by atoms with E-state index >= 15 is 0 Å². The van der Waals surface area contributed by atoms with E-state index in [9.17, 15) is 13.2 Å². The van der Waals surface area contributed by atoms with Crippen molar-refractivity contribution in [2.24, 2.45) is 0 Å². The molecule has 0 radical (unpaired) electrons. The molecule has 0 atom stereocenters. The van der Waals surface area contributed by atoms with E-state index in [1.54, 1.807) is 36.9 Å². The average Bonchev–Trinajstić information content (AvgIpc) is 2.67. The summed E-state index contributed by atoms with van der Waals surface area (Å²) in [7, 11) is -3.45. The summed E-state index contributed by atoms with van der Waals surface area (Å²) >= 11 is 1.60. The van der Waals surface area contributed by atoms with Crippen LogP contribution in [0.3, 0.4) is 0 Å². The van der Waals surface area contributed by atoms with Gasteiger partial charge in [-0.1, -0.05) is 37.3 Å². The lowest BCUT2D eigenvalue weighted by molar-refractivity contribution is 0.0953. The summed E-state index contributed by atoms with van der Waals surface area (Å²) in [6.45, 7) is 1.97. The summed E-state index contributed by atoms with van der Waals surface area (Å²) in [6, 6.07) is 15.8. The molecule has 0 aliphatic rings. The van der Waals surface area contributed by atoms with Crippen LogP contribution >= 0.6 is 11.8 Å². The standard InChI is InChI=1S/C19H20N2O3S2/c1-2-26(23,24)18-10-6-5-9-17(18)19(22)21-11-12-25-14-16-8-4-3-7-15(16)13-20/h3-10H,2,11-12,14H2,1H3,(H,21,22). The number of thioether (sulfide) groups is 1. The quantitative estimate of drug-likeness (QED) is 0.703. The van der Waals surface area contributed by atoms with E-state index in [1.807, 2.05) is 18.2 Å². The SMILES string of the molecule is CCS(=O)(=O)c1ccccc1C(=O)NCCSCc1ccccc1C#N. The smallest absolute Gasteiger partial charge is 0.252 e. The minimum Gasteiger partial charge on any atom is -0.351 e. The maximum Gasteiger partial charge on any atom is 0.252 e. The Morgan fingerprint density at radius 1 is 1.15 bits per heavy atom. The number of hydrogen-bond acceptors (Lipinski definition) is 5. The van der Waals surface area contributed by atoms with Crippen LogP contribution in [0.25, 0.3) is 0 Å². The van der Waals surface area contributed by atoms with Crippen LogP contribution in [0.15, 0.2) is 53.4 Å². The second kappa shape index (κ2) is 9.41. The van der Waals surface area contributed by atoms with Crippen molar-refractivity contribution in [3.63, 3.8) is 0 Å². The van der Waals surface area contributed by atoms with Gasteiger partial charge in [0, 0.05) is 18.1 Å². The van der Waals surface area contributed by atoms with Gasteiger partial charge < -0.3 is 5.32 Å². The molecule has 0 heterocycles.